The van der Waals surface area contributed by atoms with E-state index < -0.39 is 11.2 Å². The van der Waals surface area contributed by atoms with Crippen molar-refractivity contribution in [1.82, 2.24) is 14.5 Å². The van der Waals surface area contributed by atoms with Crippen LogP contribution in [0.4, 0.5) is 11.5 Å². The Hall–Kier alpha value is -3.69. The number of carbonyl (C=O) groups excluding carboxylic acids is 1. The summed E-state index contributed by atoms with van der Waals surface area (Å²) >= 11 is 0. The molecule has 184 valence electrons. The predicted octanol–water partition coefficient (Wildman–Crippen LogP) is 1.59. The SMILES string of the molecule is COCCCN(C(=O)CN1CCc2ccccc2C1)c1c(N)n(Cc2ccccc2)c(=O)[nH]c1=O. The number of ether oxygens (including phenoxy) is 1. The van der Waals surface area contributed by atoms with E-state index in [1.165, 1.54) is 20.6 Å². The van der Waals surface area contributed by atoms with Crippen molar-refractivity contribution in [2.75, 3.05) is 44.0 Å². The molecule has 0 fully saturated rings. The number of hydrogen-bond donors (Lipinski definition) is 2. The standard InChI is InChI=1S/C26H31N5O4/c1-35-15-7-13-30(22(32)18-29-14-12-20-10-5-6-11-21(20)17-29)23-24(27)31(26(34)28-25(23)33)16-19-8-3-2-4-9-19/h2-6,8-11H,7,12-18,27H2,1H3,(H,28,33,34). The Morgan fingerprint density at radius 3 is 2.54 bits per heavy atom. The minimum absolute atomic E-state index is 0.000885. The first kappa shape index (κ1) is 24.4. The number of amides is 1. The van der Waals surface area contributed by atoms with Crippen molar-refractivity contribution in [2.45, 2.75) is 25.9 Å². The molecule has 35 heavy (non-hydrogen) atoms. The summed E-state index contributed by atoms with van der Waals surface area (Å²) in [5.74, 6) is -0.278. The van der Waals surface area contributed by atoms with Crippen molar-refractivity contribution in [3.05, 3.63) is 92.1 Å². The number of methoxy groups -OCH3 is 1. The number of aromatic nitrogens is 2. The molecule has 0 spiro atoms. The average molecular weight is 478 g/mol. The van der Waals surface area contributed by atoms with Gasteiger partial charge >= 0.3 is 5.69 Å². The first-order valence-corrected chi connectivity index (χ1v) is 11.7. The molecule has 1 aliphatic rings. The number of hydrogen-bond acceptors (Lipinski definition) is 6. The molecule has 0 atom stereocenters. The van der Waals surface area contributed by atoms with Gasteiger partial charge in [0.05, 0.1) is 13.1 Å². The van der Waals surface area contributed by atoms with E-state index in [2.05, 4.69) is 22.0 Å². The van der Waals surface area contributed by atoms with Crippen molar-refractivity contribution in [3.63, 3.8) is 0 Å². The quantitative estimate of drug-likeness (QED) is 0.453. The van der Waals surface area contributed by atoms with Crippen LogP contribution in [0.3, 0.4) is 0 Å². The summed E-state index contributed by atoms with van der Waals surface area (Å²) in [6.45, 7) is 2.38. The molecule has 2 aromatic carbocycles. The Kier molecular flexibility index (Phi) is 7.79. The molecule has 2 heterocycles. The highest BCUT2D eigenvalue weighted by Gasteiger charge is 2.27. The number of nitrogens with zero attached hydrogens (tertiary/aromatic N) is 3. The average Bonchev–Trinajstić information content (AvgIpc) is 2.86. The van der Waals surface area contributed by atoms with Gasteiger partial charge in [-0.15, -0.1) is 0 Å². The number of anilines is 2. The molecule has 1 aliphatic heterocycles. The molecule has 0 aliphatic carbocycles. The van der Waals surface area contributed by atoms with E-state index in [4.69, 9.17) is 10.5 Å². The number of nitrogens with two attached hydrogens (primary N) is 1. The molecule has 9 nitrogen and oxygen atoms in total. The lowest BCUT2D eigenvalue weighted by molar-refractivity contribution is -0.120. The van der Waals surface area contributed by atoms with Crippen molar-refractivity contribution < 1.29 is 9.53 Å². The van der Waals surface area contributed by atoms with Gasteiger partial charge in [-0.3, -0.25) is 24.0 Å². The van der Waals surface area contributed by atoms with Crippen molar-refractivity contribution >= 4 is 17.4 Å². The van der Waals surface area contributed by atoms with Crippen LogP contribution < -0.4 is 21.9 Å². The van der Waals surface area contributed by atoms with Gasteiger partial charge in [-0.25, -0.2) is 4.79 Å². The lowest BCUT2D eigenvalue weighted by Gasteiger charge is -2.31. The summed E-state index contributed by atoms with van der Waals surface area (Å²) in [5.41, 5.74) is 8.43. The summed E-state index contributed by atoms with van der Waals surface area (Å²) in [6, 6.07) is 17.5. The Labute approximate surface area is 203 Å². The minimum atomic E-state index is -0.674. The Balaban J connectivity index is 1.63. The maximum atomic E-state index is 13.5. The molecule has 3 aromatic rings. The summed E-state index contributed by atoms with van der Waals surface area (Å²) in [6.07, 6.45) is 1.37. The van der Waals surface area contributed by atoms with E-state index in [0.29, 0.717) is 19.6 Å². The summed E-state index contributed by atoms with van der Waals surface area (Å²) in [4.78, 5) is 44.8. The Morgan fingerprint density at radius 1 is 1.09 bits per heavy atom. The normalized spacial score (nSPS) is 13.4. The van der Waals surface area contributed by atoms with Gasteiger partial charge in [-0.05, 0) is 29.5 Å². The number of nitrogens with one attached hydrogen (secondary N) is 1. The van der Waals surface area contributed by atoms with Gasteiger partial charge in [0.1, 0.15) is 5.82 Å². The molecule has 1 aromatic heterocycles. The van der Waals surface area contributed by atoms with Crippen LogP contribution in [-0.2, 0) is 29.0 Å². The van der Waals surface area contributed by atoms with Crippen molar-refractivity contribution in [1.29, 1.82) is 0 Å². The van der Waals surface area contributed by atoms with Crippen LogP contribution in [0, 0.1) is 0 Å². The fourth-order valence-electron chi connectivity index (χ4n) is 4.46. The molecule has 3 N–H and O–H groups in total. The van der Waals surface area contributed by atoms with Gasteiger partial charge in [0.25, 0.3) is 5.56 Å². The molecule has 1 amide bonds. The van der Waals surface area contributed by atoms with E-state index in [1.807, 2.05) is 42.5 Å². The summed E-state index contributed by atoms with van der Waals surface area (Å²) < 4.78 is 6.45. The molecule has 4 rings (SSSR count). The molecular weight excluding hydrogens is 446 g/mol. The van der Waals surface area contributed by atoms with E-state index in [-0.39, 0.29) is 37.0 Å². The number of carbonyl (C=O) groups is 1. The number of fused-ring (bicyclic) bond motifs is 1. The third-order valence-corrected chi connectivity index (χ3v) is 6.27. The fraction of sp³-hybridized carbons (Fsp3) is 0.346. The predicted molar refractivity (Wildman–Crippen MR) is 136 cm³/mol. The lowest BCUT2D eigenvalue weighted by Crippen LogP contribution is -2.46. The maximum Gasteiger partial charge on any atom is 0.330 e. The highest BCUT2D eigenvalue weighted by molar-refractivity contribution is 5.96. The van der Waals surface area contributed by atoms with Crippen molar-refractivity contribution in [2.24, 2.45) is 0 Å². The van der Waals surface area contributed by atoms with Gasteiger partial charge < -0.3 is 15.4 Å². The Morgan fingerprint density at radius 2 is 1.80 bits per heavy atom. The second-order valence-corrected chi connectivity index (χ2v) is 8.69. The first-order valence-electron chi connectivity index (χ1n) is 11.7. The second-order valence-electron chi connectivity index (χ2n) is 8.69. The van der Waals surface area contributed by atoms with Gasteiger partial charge in [-0.2, -0.15) is 0 Å². The smallest absolute Gasteiger partial charge is 0.330 e. The molecule has 0 saturated heterocycles. The number of aromatic amines is 1. The van der Waals surface area contributed by atoms with E-state index in [9.17, 15) is 14.4 Å². The first-order chi connectivity index (χ1) is 17.0. The zero-order valence-corrected chi connectivity index (χ0v) is 19.9. The molecule has 0 radical (unpaired) electrons. The van der Waals surface area contributed by atoms with Crippen LogP contribution in [0.25, 0.3) is 0 Å². The highest BCUT2D eigenvalue weighted by atomic mass is 16.5. The molecule has 9 heteroatoms. The molecule has 0 saturated carbocycles. The van der Waals surface area contributed by atoms with Gasteiger partial charge in [-0.1, -0.05) is 54.6 Å². The zero-order chi connectivity index (χ0) is 24.8. The fourth-order valence-corrected chi connectivity index (χ4v) is 4.46. The van der Waals surface area contributed by atoms with E-state index in [1.54, 1.807) is 7.11 Å². The summed E-state index contributed by atoms with van der Waals surface area (Å²) in [5, 5.41) is 0. The van der Waals surface area contributed by atoms with E-state index in [0.717, 1.165) is 18.5 Å². The van der Waals surface area contributed by atoms with Crippen LogP contribution in [-0.4, -0.2) is 53.7 Å². The molecule has 0 unspecified atom stereocenters. The van der Waals surface area contributed by atoms with Crippen molar-refractivity contribution in [3.8, 4) is 0 Å². The topological polar surface area (TPSA) is 114 Å². The number of H-pyrrole nitrogens is 1. The lowest BCUT2D eigenvalue weighted by atomic mass is 10.00. The minimum Gasteiger partial charge on any atom is -0.385 e. The largest absolute Gasteiger partial charge is 0.385 e. The maximum absolute atomic E-state index is 13.5. The Bertz CT molecular complexity index is 1280. The monoisotopic (exact) mass is 477 g/mol. The number of rotatable bonds is 9. The molecule has 0 bridgehead atoms. The summed E-state index contributed by atoms with van der Waals surface area (Å²) in [7, 11) is 1.58. The number of nitrogen functional groups attached to an aromatic ring is 1. The van der Waals surface area contributed by atoms with Crippen LogP contribution in [0.1, 0.15) is 23.1 Å². The van der Waals surface area contributed by atoms with Crippen LogP contribution >= 0.6 is 0 Å². The third-order valence-electron chi connectivity index (χ3n) is 6.27. The second kappa shape index (κ2) is 11.2. The molecular formula is C26H31N5O4. The number of benzene rings is 2. The third kappa shape index (κ3) is 5.70. The van der Waals surface area contributed by atoms with Crippen LogP contribution in [0.2, 0.25) is 0 Å². The zero-order valence-electron chi connectivity index (χ0n) is 19.9. The van der Waals surface area contributed by atoms with Gasteiger partial charge in [0.15, 0.2) is 5.69 Å². The highest BCUT2D eigenvalue weighted by Crippen LogP contribution is 2.21. The van der Waals surface area contributed by atoms with Gasteiger partial charge in [0, 0.05) is 33.4 Å². The van der Waals surface area contributed by atoms with Gasteiger partial charge in [0.2, 0.25) is 5.91 Å². The van der Waals surface area contributed by atoms with Crippen LogP contribution in [0.15, 0.2) is 64.2 Å². The van der Waals surface area contributed by atoms with Crippen LogP contribution in [0.5, 0.6) is 0 Å². The van der Waals surface area contributed by atoms with E-state index >= 15 is 0 Å².